The third-order valence-corrected chi connectivity index (χ3v) is 7.74. The van der Waals surface area contributed by atoms with Gasteiger partial charge < -0.3 is 70.0 Å². The molecule has 3 heterocycles. The van der Waals surface area contributed by atoms with E-state index in [1.807, 2.05) is 0 Å². The van der Waals surface area contributed by atoms with E-state index in [1.54, 1.807) is 0 Å². The third-order valence-electron chi connectivity index (χ3n) is 7.74. The van der Waals surface area contributed by atoms with E-state index < -0.39 is 97.8 Å². The summed E-state index contributed by atoms with van der Waals surface area (Å²) in [6.07, 6.45) is -18.1. The molecular weight excluding hydrogens is 564 g/mol. The zero-order chi connectivity index (χ0) is 30.5. The van der Waals surface area contributed by atoms with Crippen LogP contribution < -0.4 is 4.74 Å². The molecule has 0 saturated carbocycles. The number of hydrogen-bond acceptors (Lipinski definition) is 15. The number of aliphatic hydroxyl groups is 7. The Morgan fingerprint density at radius 1 is 0.786 bits per heavy atom. The highest BCUT2D eigenvalue weighted by Gasteiger charge is 2.52. The van der Waals surface area contributed by atoms with Crippen LogP contribution in [0.3, 0.4) is 0 Å². The molecule has 15 nitrogen and oxygen atoms in total. The number of ketones is 1. The molecule has 0 bridgehead atoms. The second kappa shape index (κ2) is 11.9. The third kappa shape index (κ3) is 5.28. The molecule has 2 saturated heterocycles. The summed E-state index contributed by atoms with van der Waals surface area (Å²) in [6, 6.07) is 6.64. The molecule has 11 atom stereocenters. The average Bonchev–Trinajstić information content (AvgIpc) is 2.96. The highest BCUT2D eigenvalue weighted by molar-refractivity contribution is 6.03. The summed E-state index contributed by atoms with van der Waals surface area (Å²) >= 11 is 0. The SMILES string of the molecule is O=C1CC(c2ccc(O)cc2)Oc2c1c(O)cc(O)c2[C@@H]1O[C@H](CO)[C@@H](O[C@H]2O[C@H](CO)[C@@H](O)[C@H](O)[C@H]2O)[C@H](O)[C@H]1O. The predicted molar refractivity (Wildman–Crippen MR) is 136 cm³/mol. The van der Waals surface area contributed by atoms with E-state index in [9.17, 15) is 55.9 Å². The Labute approximate surface area is 238 Å². The van der Waals surface area contributed by atoms with Crippen LogP contribution in [0.5, 0.6) is 23.0 Å². The number of aromatic hydroxyl groups is 3. The van der Waals surface area contributed by atoms with Crippen LogP contribution in [0.1, 0.15) is 40.1 Å². The van der Waals surface area contributed by atoms with Crippen LogP contribution in [0.15, 0.2) is 30.3 Å². The van der Waals surface area contributed by atoms with Crippen molar-refractivity contribution in [3.8, 4) is 23.0 Å². The molecule has 42 heavy (non-hydrogen) atoms. The molecule has 3 aliphatic heterocycles. The van der Waals surface area contributed by atoms with Gasteiger partial charge in [0.15, 0.2) is 12.1 Å². The molecule has 2 fully saturated rings. The van der Waals surface area contributed by atoms with Crippen LogP contribution in [0.2, 0.25) is 0 Å². The largest absolute Gasteiger partial charge is 0.508 e. The van der Waals surface area contributed by atoms with Gasteiger partial charge >= 0.3 is 0 Å². The van der Waals surface area contributed by atoms with E-state index in [4.69, 9.17) is 18.9 Å². The summed E-state index contributed by atoms with van der Waals surface area (Å²) in [5, 5.41) is 103. The molecule has 15 heteroatoms. The summed E-state index contributed by atoms with van der Waals surface area (Å²) in [5.41, 5.74) is -0.133. The molecule has 0 spiro atoms. The first-order valence-electron chi connectivity index (χ1n) is 13.1. The Bertz CT molecular complexity index is 1280. The minimum absolute atomic E-state index is 0.0273. The van der Waals surface area contributed by atoms with Crippen molar-refractivity contribution in [2.24, 2.45) is 0 Å². The van der Waals surface area contributed by atoms with Crippen molar-refractivity contribution in [2.45, 2.75) is 73.8 Å². The lowest BCUT2D eigenvalue weighted by atomic mass is 9.86. The van der Waals surface area contributed by atoms with Gasteiger partial charge in [-0.15, -0.1) is 0 Å². The number of Topliss-reactive ketones (excluding diaryl/α,β-unsaturated/α-hetero) is 1. The first kappa shape index (κ1) is 30.4. The number of aliphatic hydroxyl groups excluding tert-OH is 7. The Morgan fingerprint density at radius 3 is 2.10 bits per heavy atom. The molecule has 5 rings (SSSR count). The van der Waals surface area contributed by atoms with E-state index >= 15 is 0 Å². The van der Waals surface area contributed by atoms with Crippen molar-refractivity contribution in [2.75, 3.05) is 13.2 Å². The number of phenolic OH excluding ortho intramolecular Hbond substituents is 3. The molecule has 1 unspecified atom stereocenters. The van der Waals surface area contributed by atoms with E-state index in [-0.39, 0.29) is 29.0 Å². The van der Waals surface area contributed by atoms with Gasteiger partial charge in [-0.3, -0.25) is 4.79 Å². The maximum Gasteiger partial charge on any atom is 0.187 e. The lowest BCUT2D eigenvalue weighted by Gasteiger charge is -2.46. The zero-order valence-electron chi connectivity index (χ0n) is 21.9. The first-order valence-corrected chi connectivity index (χ1v) is 13.1. The molecule has 0 amide bonds. The predicted octanol–water partition coefficient (Wildman–Crippen LogP) is -2.15. The van der Waals surface area contributed by atoms with E-state index in [0.717, 1.165) is 6.07 Å². The number of carbonyl (C=O) groups is 1. The first-order chi connectivity index (χ1) is 20.0. The van der Waals surface area contributed by atoms with Gasteiger partial charge in [-0.25, -0.2) is 0 Å². The van der Waals surface area contributed by atoms with Crippen LogP contribution in [-0.2, 0) is 14.2 Å². The summed E-state index contributed by atoms with van der Waals surface area (Å²) < 4.78 is 22.7. The second-order valence-electron chi connectivity index (χ2n) is 10.4. The van der Waals surface area contributed by atoms with Crippen molar-refractivity contribution in [3.63, 3.8) is 0 Å². The maximum atomic E-state index is 13.1. The van der Waals surface area contributed by atoms with Gasteiger partial charge in [-0.1, -0.05) is 12.1 Å². The van der Waals surface area contributed by atoms with Crippen molar-refractivity contribution in [1.29, 1.82) is 0 Å². The quantitative estimate of drug-likeness (QED) is 0.171. The van der Waals surface area contributed by atoms with Crippen molar-refractivity contribution < 1.29 is 74.8 Å². The zero-order valence-corrected chi connectivity index (χ0v) is 21.9. The number of benzene rings is 2. The Kier molecular flexibility index (Phi) is 8.60. The summed E-state index contributed by atoms with van der Waals surface area (Å²) in [5.74, 6) is -2.19. The van der Waals surface area contributed by atoms with Crippen LogP contribution in [-0.4, -0.2) is 125 Å². The lowest BCUT2D eigenvalue weighted by Crippen LogP contribution is -2.63. The fourth-order valence-corrected chi connectivity index (χ4v) is 5.47. The fourth-order valence-electron chi connectivity index (χ4n) is 5.47. The smallest absolute Gasteiger partial charge is 0.187 e. The average molecular weight is 597 g/mol. The number of carbonyl (C=O) groups excluding carboxylic acids is 1. The Morgan fingerprint density at radius 2 is 1.45 bits per heavy atom. The molecule has 10 N–H and O–H groups in total. The van der Waals surface area contributed by atoms with Crippen molar-refractivity contribution >= 4 is 5.78 Å². The van der Waals surface area contributed by atoms with Crippen LogP contribution in [0, 0.1) is 0 Å². The number of rotatable bonds is 6. The summed E-state index contributed by atoms with van der Waals surface area (Å²) in [4.78, 5) is 13.1. The number of phenols is 3. The Balaban J connectivity index is 1.46. The minimum atomic E-state index is -1.92. The van der Waals surface area contributed by atoms with Gasteiger partial charge in [-0.05, 0) is 17.7 Å². The molecule has 0 radical (unpaired) electrons. The van der Waals surface area contributed by atoms with Gasteiger partial charge in [0.2, 0.25) is 0 Å². The highest BCUT2D eigenvalue weighted by Crippen LogP contribution is 2.50. The standard InChI is InChI=1S/C27H32O15/c28-7-15-19(34)20(35)23(38)27(41-15)42-24-16(8-29)40-26(22(37)21(24)36)18-12(32)5-11(31)17-13(33)6-14(39-25(17)18)9-1-3-10(30)4-2-9/h1-5,14-16,19-24,26-32,34-38H,6-8H2/t14?,15-,16-,19-,20+,21-,22-,23-,24-,26+,27-/m1/s1. The number of hydrogen-bond donors (Lipinski definition) is 10. The van der Waals surface area contributed by atoms with E-state index in [2.05, 4.69) is 0 Å². The summed E-state index contributed by atoms with van der Waals surface area (Å²) in [6.45, 7) is -1.59. The minimum Gasteiger partial charge on any atom is -0.508 e. The molecule has 0 aliphatic carbocycles. The second-order valence-corrected chi connectivity index (χ2v) is 10.4. The molecular formula is C27H32O15. The van der Waals surface area contributed by atoms with Gasteiger partial charge in [0, 0.05) is 6.07 Å². The normalized spacial score (nSPS) is 36.7. The van der Waals surface area contributed by atoms with Crippen molar-refractivity contribution in [1.82, 2.24) is 0 Å². The molecule has 230 valence electrons. The summed E-state index contributed by atoms with van der Waals surface area (Å²) in [7, 11) is 0. The van der Waals surface area contributed by atoms with Gasteiger partial charge in [0.1, 0.15) is 89.6 Å². The molecule has 2 aromatic rings. The molecule has 3 aliphatic rings. The molecule has 2 aromatic carbocycles. The van der Waals surface area contributed by atoms with E-state index in [1.165, 1.54) is 24.3 Å². The van der Waals surface area contributed by atoms with Gasteiger partial charge in [0.25, 0.3) is 0 Å². The van der Waals surface area contributed by atoms with Crippen molar-refractivity contribution in [3.05, 3.63) is 47.0 Å². The number of fused-ring (bicyclic) bond motifs is 1. The molecule has 0 aromatic heterocycles. The number of ether oxygens (including phenoxy) is 4. The fraction of sp³-hybridized carbons (Fsp3) is 0.519. The Hall–Kier alpha value is -3.09. The van der Waals surface area contributed by atoms with Crippen LogP contribution in [0.4, 0.5) is 0 Å². The highest BCUT2D eigenvalue weighted by atomic mass is 16.7. The van der Waals surface area contributed by atoms with Crippen LogP contribution >= 0.6 is 0 Å². The van der Waals surface area contributed by atoms with Crippen LogP contribution in [0.25, 0.3) is 0 Å². The van der Waals surface area contributed by atoms with E-state index in [0.29, 0.717) is 5.56 Å². The maximum absolute atomic E-state index is 13.1. The monoisotopic (exact) mass is 596 g/mol. The van der Waals surface area contributed by atoms with Gasteiger partial charge in [-0.2, -0.15) is 0 Å². The lowest BCUT2D eigenvalue weighted by molar-refractivity contribution is -0.342. The topological polar surface area (TPSA) is 256 Å². The van der Waals surface area contributed by atoms with Gasteiger partial charge in [0.05, 0.1) is 25.2 Å².